The van der Waals surface area contributed by atoms with E-state index in [9.17, 15) is 8.78 Å². The van der Waals surface area contributed by atoms with Crippen LogP contribution in [0.2, 0.25) is 0 Å². The lowest BCUT2D eigenvalue weighted by Crippen LogP contribution is -2.50. The van der Waals surface area contributed by atoms with Crippen LogP contribution in [0.5, 0.6) is 0 Å². The molecular weight excluding hydrogens is 186 g/mol. The molecule has 0 radical (unpaired) electrons. The topological polar surface area (TPSA) is 9.23 Å². The van der Waals surface area contributed by atoms with Crippen LogP contribution in [-0.4, -0.2) is 18.1 Å². The van der Waals surface area contributed by atoms with Crippen molar-refractivity contribution >= 4 is 0 Å². The van der Waals surface area contributed by atoms with Crippen molar-refractivity contribution in [3.05, 3.63) is 0 Å². The van der Waals surface area contributed by atoms with Crippen molar-refractivity contribution in [3.8, 4) is 0 Å². The summed E-state index contributed by atoms with van der Waals surface area (Å²) in [5.41, 5.74) is 0. The summed E-state index contributed by atoms with van der Waals surface area (Å²) in [6.45, 7) is 8.79. The Balaban J connectivity index is 2.81. The molecule has 1 aliphatic rings. The second-order valence-corrected chi connectivity index (χ2v) is 4.80. The first-order chi connectivity index (χ1) is 6.25. The van der Waals surface area contributed by atoms with E-state index in [0.717, 1.165) is 6.92 Å². The summed E-state index contributed by atoms with van der Waals surface area (Å²) >= 11 is 0. The minimum Gasteiger partial charge on any atom is -0.368 e. The Kier molecular flexibility index (Phi) is 3.20. The number of rotatable bonds is 1. The number of hydrogen-bond acceptors (Lipinski definition) is 1. The van der Waals surface area contributed by atoms with Crippen molar-refractivity contribution in [1.29, 1.82) is 0 Å². The zero-order chi connectivity index (χ0) is 11.1. The van der Waals surface area contributed by atoms with E-state index in [2.05, 4.69) is 6.92 Å². The van der Waals surface area contributed by atoms with Gasteiger partial charge in [0, 0.05) is 6.92 Å². The van der Waals surface area contributed by atoms with Crippen LogP contribution in [0.3, 0.4) is 0 Å². The second-order valence-electron chi connectivity index (χ2n) is 4.80. The first kappa shape index (κ1) is 11.9. The highest BCUT2D eigenvalue weighted by atomic mass is 19.3. The Morgan fingerprint density at radius 3 is 1.86 bits per heavy atom. The first-order valence-electron chi connectivity index (χ1n) is 5.28. The summed E-state index contributed by atoms with van der Waals surface area (Å²) in [4.78, 5) is 0. The van der Waals surface area contributed by atoms with Gasteiger partial charge in [0.05, 0.1) is 6.10 Å². The van der Waals surface area contributed by atoms with Crippen LogP contribution in [0.4, 0.5) is 8.78 Å². The normalized spacial score (nSPS) is 45.2. The Hall–Kier alpha value is -0.180. The fourth-order valence-corrected chi connectivity index (χ4v) is 2.24. The van der Waals surface area contributed by atoms with Crippen molar-refractivity contribution in [2.24, 2.45) is 17.8 Å². The predicted molar refractivity (Wildman–Crippen MR) is 52.4 cm³/mol. The molecule has 1 saturated heterocycles. The van der Waals surface area contributed by atoms with E-state index in [4.69, 9.17) is 4.74 Å². The second kappa shape index (κ2) is 3.76. The fourth-order valence-electron chi connectivity index (χ4n) is 2.24. The highest BCUT2D eigenvalue weighted by molar-refractivity contribution is 4.89. The van der Waals surface area contributed by atoms with Gasteiger partial charge in [-0.2, -0.15) is 0 Å². The molecular formula is C11H20F2O. The Bertz CT molecular complexity index is 200. The van der Waals surface area contributed by atoms with Crippen molar-refractivity contribution in [1.82, 2.24) is 0 Å². The molecule has 0 amide bonds. The maximum Gasteiger partial charge on any atom is 0.271 e. The zero-order valence-corrected chi connectivity index (χ0v) is 9.55. The van der Waals surface area contributed by atoms with E-state index >= 15 is 0 Å². The lowest BCUT2D eigenvalue weighted by atomic mass is 9.75. The van der Waals surface area contributed by atoms with Gasteiger partial charge in [0.1, 0.15) is 6.10 Å². The lowest BCUT2D eigenvalue weighted by Gasteiger charge is -2.44. The summed E-state index contributed by atoms with van der Waals surface area (Å²) in [7, 11) is 0. The molecule has 14 heavy (non-hydrogen) atoms. The lowest BCUT2D eigenvalue weighted by molar-refractivity contribution is -0.214. The highest BCUT2D eigenvalue weighted by Gasteiger charge is 2.47. The Labute approximate surface area is 84.8 Å². The van der Waals surface area contributed by atoms with Crippen LogP contribution in [0.25, 0.3) is 0 Å². The van der Waals surface area contributed by atoms with Gasteiger partial charge in [0.2, 0.25) is 0 Å². The minimum absolute atomic E-state index is 0.0722. The first-order valence-corrected chi connectivity index (χ1v) is 5.28. The average molecular weight is 206 g/mol. The average Bonchev–Trinajstić information content (AvgIpc) is 2.06. The Morgan fingerprint density at radius 1 is 0.929 bits per heavy atom. The number of alkyl halides is 2. The molecule has 5 unspecified atom stereocenters. The van der Waals surface area contributed by atoms with Gasteiger partial charge in [0.15, 0.2) is 0 Å². The maximum absolute atomic E-state index is 13.2. The van der Waals surface area contributed by atoms with Crippen molar-refractivity contribution in [3.63, 3.8) is 0 Å². The molecule has 0 saturated carbocycles. The molecule has 1 nitrogen and oxygen atoms in total. The van der Waals surface area contributed by atoms with E-state index in [1.54, 1.807) is 0 Å². The Morgan fingerprint density at radius 2 is 1.43 bits per heavy atom. The molecule has 1 fully saturated rings. The third kappa shape index (κ3) is 2.08. The number of hydrogen-bond donors (Lipinski definition) is 0. The molecule has 0 bridgehead atoms. The largest absolute Gasteiger partial charge is 0.368 e. The zero-order valence-electron chi connectivity index (χ0n) is 9.55. The van der Waals surface area contributed by atoms with Crippen LogP contribution in [-0.2, 0) is 4.74 Å². The molecule has 0 N–H and O–H groups in total. The van der Waals surface area contributed by atoms with Gasteiger partial charge in [-0.05, 0) is 24.7 Å². The third-order valence-electron chi connectivity index (χ3n) is 3.74. The van der Waals surface area contributed by atoms with Crippen LogP contribution in [0, 0.1) is 17.8 Å². The quantitative estimate of drug-likeness (QED) is 0.639. The minimum atomic E-state index is -2.73. The van der Waals surface area contributed by atoms with Gasteiger partial charge in [-0.15, -0.1) is 0 Å². The molecule has 1 aliphatic heterocycles. The third-order valence-corrected chi connectivity index (χ3v) is 3.74. The van der Waals surface area contributed by atoms with Gasteiger partial charge in [-0.1, -0.05) is 20.8 Å². The monoisotopic (exact) mass is 206 g/mol. The molecule has 0 spiro atoms. The van der Waals surface area contributed by atoms with Gasteiger partial charge in [-0.25, -0.2) is 8.78 Å². The van der Waals surface area contributed by atoms with Gasteiger partial charge < -0.3 is 4.74 Å². The molecule has 0 aromatic heterocycles. The summed E-state index contributed by atoms with van der Waals surface area (Å²) in [5.74, 6) is -2.18. The SMILES string of the molecule is CC1OC(C(C)(F)F)C(C)C(C)C1C. The van der Waals surface area contributed by atoms with Crippen molar-refractivity contribution in [2.75, 3.05) is 0 Å². The van der Waals surface area contributed by atoms with Crippen molar-refractivity contribution < 1.29 is 13.5 Å². The molecule has 1 heterocycles. The van der Waals surface area contributed by atoms with E-state index in [0.29, 0.717) is 5.92 Å². The van der Waals surface area contributed by atoms with E-state index < -0.39 is 12.0 Å². The summed E-state index contributed by atoms with van der Waals surface area (Å²) < 4.78 is 31.8. The molecule has 0 aromatic rings. The highest BCUT2D eigenvalue weighted by Crippen LogP contribution is 2.40. The van der Waals surface area contributed by atoms with Gasteiger partial charge in [0.25, 0.3) is 5.92 Å². The van der Waals surface area contributed by atoms with Crippen LogP contribution >= 0.6 is 0 Å². The molecule has 0 aliphatic carbocycles. The van der Waals surface area contributed by atoms with Crippen LogP contribution < -0.4 is 0 Å². The molecule has 3 heteroatoms. The smallest absolute Gasteiger partial charge is 0.271 e. The molecule has 0 aromatic carbocycles. The van der Waals surface area contributed by atoms with Gasteiger partial charge >= 0.3 is 0 Å². The standard InChI is InChI=1S/C11H20F2O/c1-6-7(2)9(4)14-10(8(6)3)11(5,12)13/h6-10H,1-5H3. The molecule has 84 valence electrons. The summed E-state index contributed by atoms with van der Waals surface area (Å²) in [6.07, 6.45) is -0.999. The number of halogens is 2. The van der Waals surface area contributed by atoms with E-state index in [-0.39, 0.29) is 17.9 Å². The van der Waals surface area contributed by atoms with Gasteiger partial charge in [-0.3, -0.25) is 0 Å². The van der Waals surface area contributed by atoms with E-state index in [1.807, 2.05) is 20.8 Å². The fraction of sp³-hybridized carbons (Fsp3) is 1.00. The maximum atomic E-state index is 13.2. The summed E-state index contributed by atoms with van der Waals surface area (Å²) in [5, 5.41) is 0. The molecule has 5 atom stereocenters. The van der Waals surface area contributed by atoms with Crippen molar-refractivity contribution in [2.45, 2.75) is 52.7 Å². The molecule has 1 rings (SSSR count). The van der Waals surface area contributed by atoms with Crippen LogP contribution in [0.1, 0.15) is 34.6 Å². The summed E-state index contributed by atoms with van der Waals surface area (Å²) in [6, 6.07) is 0. The number of ether oxygens (including phenoxy) is 1. The van der Waals surface area contributed by atoms with Crippen LogP contribution in [0.15, 0.2) is 0 Å². The predicted octanol–water partition coefficient (Wildman–Crippen LogP) is 3.34. The van der Waals surface area contributed by atoms with E-state index in [1.165, 1.54) is 0 Å².